The number of hydrogen-bond donors (Lipinski definition) is 2. The quantitative estimate of drug-likeness (QED) is 0.717. The molecule has 0 aliphatic heterocycles. The molecule has 144 valence electrons. The van der Waals surface area contributed by atoms with E-state index in [9.17, 15) is 14.0 Å². The van der Waals surface area contributed by atoms with Gasteiger partial charge < -0.3 is 15.6 Å². The van der Waals surface area contributed by atoms with Gasteiger partial charge in [0.15, 0.2) is 0 Å². The summed E-state index contributed by atoms with van der Waals surface area (Å²) in [6.07, 6.45) is 3.91. The van der Waals surface area contributed by atoms with Gasteiger partial charge in [-0.1, -0.05) is 0 Å². The van der Waals surface area contributed by atoms with Crippen LogP contribution in [-0.4, -0.2) is 20.5 Å². The lowest BCUT2D eigenvalue weighted by molar-refractivity contribution is -0.0302. The number of nitrogens with one attached hydrogen (secondary N) is 1. The average Bonchev–Trinajstić information content (AvgIpc) is 3.19. The first-order valence-electron chi connectivity index (χ1n) is 9.14. The highest BCUT2D eigenvalue weighted by Crippen LogP contribution is 2.46. The van der Waals surface area contributed by atoms with Crippen LogP contribution in [0, 0.1) is 11.3 Å². The van der Waals surface area contributed by atoms with Crippen LogP contribution >= 0.6 is 0 Å². The fraction of sp³-hybridized carbons (Fsp3) is 0.350. The van der Waals surface area contributed by atoms with E-state index in [1.807, 2.05) is 0 Å². The highest BCUT2D eigenvalue weighted by molar-refractivity contribution is 6.02. The van der Waals surface area contributed by atoms with Crippen LogP contribution < -0.4 is 11.1 Å². The number of imidazole rings is 1. The van der Waals surface area contributed by atoms with E-state index >= 15 is 0 Å². The minimum absolute atomic E-state index is 0.140. The van der Waals surface area contributed by atoms with E-state index in [4.69, 9.17) is 5.73 Å². The van der Waals surface area contributed by atoms with E-state index in [1.54, 1.807) is 42.1 Å². The number of hydrogen-bond acceptors (Lipinski definition) is 5. The first-order valence-corrected chi connectivity index (χ1v) is 9.14. The number of aromatic nitrogens is 3. The maximum atomic E-state index is 14.7. The second-order valence-electron chi connectivity index (χ2n) is 7.17. The average molecular weight is 382 g/mol. The first-order chi connectivity index (χ1) is 13.4. The van der Waals surface area contributed by atoms with E-state index in [1.165, 1.54) is 0 Å². The summed E-state index contributed by atoms with van der Waals surface area (Å²) in [4.78, 5) is 8.96. The predicted octanol–water partition coefficient (Wildman–Crippen LogP) is 3.73. The third-order valence-corrected chi connectivity index (χ3v) is 5.09. The van der Waals surface area contributed by atoms with Crippen LogP contribution in [0.3, 0.4) is 0 Å². The van der Waals surface area contributed by atoms with Crippen molar-refractivity contribution in [2.24, 2.45) is 5.73 Å². The number of nitriles is 1. The molecule has 0 amide bonds. The summed E-state index contributed by atoms with van der Waals surface area (Å²) in [7, 11) is 0. The first kappa shape index (κ1) is 18.2. The smallest absolute Gasteiger partial charge is 0.268 e. The van der Waals surface area contributed by atoms with E-state index < -0.39 is 12.0 Å². The molecule has 1 atom stereocenters. The number of nitrogens with two attached hydrogens (primary N) is 1. The molecular weight excluding hydrogens is 362 g/mol. The Labute approximate surface area is 160 Å². The maximum absolute atomic E-state index is 14.7. The van der Waals surface area contributed by atoms with Gasteiger partial charge in [-0.15, -0.1) is 0 Å². The number of fused-ring (bicyclic) bond motifs is 3. The van der Waals surface area contributed by atoms with Crippen LogP contribution in [0.4, 0.5) is 8.78 Å². The zero-order valence-corrected chi connectivity index (χ0v) is 15.4. The predicted molar refractivity (Wildman–Crippen MR) is 102 cm³/mol. The molecule has 3 aromatic rings. The van der Waals surface area contributed by atoms with E-state index in [-0.39, 0.29) is 13.0 Å². The molecule has 1 aliphatic carbocycles. The molecule has 8 heteroatoms. The van der Waals surface area contributed by atoms with Gasteiger partial charge in [-0.05, 0) is 38.0 Å². The summed E-state index contributed by atoms with van der Waals surface area (Å²) in [6, 6.07) is 6.22. The molecule has 28 heavy (non-hydrogen) atoms. The highest BCUT2D eigenvalue weighted by Gasteiger charge is 2.46. The second kappa shape index (κ2) is 6.75. The largest absolute Gasteiger partial charge is 0.401 e. The molecule has 1 saturated carbocycles. The Kier molecular flexibility index (Phi) is 4.38. The maximum Gasteiger partial charge on any atom is 0.268 e. The third-order valence-electron chi connectivity index (χ3n) is 5.09. The Morgan fingerprint density at radius 1 is 1.46 bits per heavy atom. The molecule has 1 aliphatic rings. The molecule has 2 heterocycles. The molecule has 1 fully saturated rings. The van der Waals surface area contributed by atoms with Crippen LogP contribution in [-0.2, 0) is 6.54 Å². The van der Waals surface area contributed by atoms with Gasteiger partial charge in [-0.3, -0.25) is 4.98 Å². The summed E-state index contributed by atoms with van der Waals surface area (Å²) in [5.41, 5.74) is 8.47. The van der Waals surface area contributed by atoms with Gasteiger partial charge in [0.2, 0.25) is 0 Å². The van der Waals surface area contributed by atoms with Gasteiger partial charge in [0.1, 0.15) is 11.3 Å². The van der Waals surface area contributed by atoms with Crippen LogP contribution in [0.5, 0.6) is 0 Å². The zero-order chi connectivity index (χ0) is 19.9. The number of halogens is 2. The lowest BCUT2D eigenvalue weighted by Gasteiger charge is -2.24. The minimum Gasteiger partial charge on any atom is -0.401 e. The monoisotopic (exact) mass is 382 g/mol. The van der Waals surface area contributed by atoms with Gasteiger partial charge in [0.25, 0.3) is 5.92 Å². The normalized spacial score (nSPS) is 19.2. The molecule has 1 unspecified atom stereocenters. The number of pyridine rings is 1. The number of benzene rings is 1. The minimum atomic E-state index is -2.82. The number of allylic oxidation sites excluding steroid dienone is 1. The van der Waals surface area contributed by atoms with Crippen molar-refractivity contribution in [3.8, 4) is 6.07 Å². The van der Waals surface area contributed by atoms with Crippen LogP contribution in [0.15, 0.2) is 36.3 Å². The molecule has 4 rings (SSSR count). The topological polar surface area (TPSA) is 92.6 Å². The Bertz CT molecular complexity index is 1120. The van der Waals surface area contributed by atoms with Gasteiger partial charge in [-0.2, -0.15) is 5.26 Å². The molecule has 2 aromatic heterocycles. The second-order valence-corrected chi connectivity index (χ2v) is 7.17. The Balaban J connectivity index is 1.98. The molecule has 1 aromatic carbocycles. The zero-order valence-electron chi connectivity index (χ0n) is 15.4. The van der Waals surface area contributed by atoms with E-state index in [0.717, 1.165) is 0 Å². The van der Waals surface area contributed by atoms with Crippen molar-refractivity contribution in [1.82, 2.24) is 19.9 Å². The molecular formula is C20H20F2N6. The van der Waals surface area contributed by atoms with Crippen molar-refractivity contribution >= 4 is 21.9 Å². The van der Waals surface area contributed by atoms with Crippen molar-refractivity contribution < 1.29 is 8.78 Å². The van der Waals surface area contributed by atoms with Crippen molar-refractivity contribution in [3.63, 3.8) is 0 Å². The van der Waals surface area contributed by atoms with E-state index in [2.05, 4.69) is 21.4 Å². The SMILES string of the molecule is C/C(N)=C/NCc1nc2cnc3ccc(C#N)cc3c2n1C1CCCC1(F)F. The fourth-order valence-corrected chi connectivity index (χ4v) is 3.89. The highest BCUT2D eigenvalue weighted by atomic mass is 19.3. The summed E-state index contributed by atoms with van der Waals surface area (Å²) >= 11 is 0. The fourth-order valence-electron chi connectivity index (χ4n) is 3.89. The summed E-state index contributed by atoms with van der Waals surface area (Å²) < 4.78 is 31.1. The standard InChI is InChI=1S/C20H20F2N6/c1-12(24)9-25-11-18-27-16-10-26-15-5-4-13(8-23)7-14(15)19(16)28(18)17-3-2-6-20(17,21)22/h4-5,7,9-10,17,25H,2-3,6,11,24H2,1H3/b12-9-. The van der Waals surface area contributed by atoms with Crippen LogP contribution in [0.25, 0.3) is 21.9 Å². The van der Waals surface area contributed by atoms with Crippen molar-refractivity contribution in [2.75, 3.05) is 0 Å². The molecule has 0 radical (unpaired) electrons. The lowest BCUT2D eigenvalue weighted by atomic mass is 10.1. The molecule has 6 nitrogen and oxygen atoms in total. The van der Waals surface area contributed by atoms with Gasteiger partial charge in [-0.25, -0.2) is 13.8 Å². The molecule has 0 bridgehead atoms. The van der Waals surface area contributed by atoms with Crippen molar-refractivity contribution in [3.05, 3.63) is 47.7 Å². The Hall–Kier alpha value is -3.21. The Morgan fingerprint density at radius 2 is 2.29 bits per heavy atom. The van der Waals surface area contributed by atoms with Crippen molar-refractivity contribution in [1.29, 1.82) is 5.26 Å². The van der Waals surface area contributed by atoms with Gasteiger partial charge in [0, 0.05) is 23.7 Å². The summed E-state index contributed by atoms with van der Waals surface area (Å²) in [6.45, 7) is 2.00. The molecule has 3 N–H and O–H groups in total. The van der Waals surface area contributed by atoms with Gasteiger partial charge in [0.05, 0.1) is 41.4 Å². The summed E-state index contributed by atoms with van der Waals surface area (Å²) in [5, 5.41) is 13.0. The number of alkyl halides is 2. The van der Waals surface area contributed by atoms with Gasteiger partial charge >= 0.3 is 0 Å². The number of nitrogens with zero attached hydrogens (tertiary/aromatic N) is 4. The summed E-state index contributed by atoms with van der Waals surface area (Å²) in [5.74, 6) is -2.32. The Morgan fingerprint density at radius 3 is 2.96 bits per heavy atom. The third kappa shape index (κ3) is 3.03. The lowest BCUT2D eigenvalue weighted by Crippen LogP contribution is -2.27. The van der Waals surface area contributed by atoms with Crippen LogP contribution in [0.2, 0.25) is 0 Å². The van der Waals surface area contributed by atoms with Crippen molar-refractivity contribution in [2.45, 2.75) is 44.7 Å². The van der Waals surface area contributed by atoms with E-state index in [0.29, 0.717) is 51.9 Å². The molecule has 0 saturated heterocycles. The molecule has 0 spiro atoms. The van der Waals surface area contributed by atoms with Crippen LogP contribution in [0.1, 0.15) is 43.6 Å². The number of rotatable bonds is 4.